The molecule has 1 unspecified atom stereocenters. The number of piperidine rings is 1. The number of carbonyl (C=O) groups is 1. The molecule has 1 aromatic rings. The largest absolute Gasteiger partial charge is 0.337 e. The van der Waals surface area contributed by atoms with Gasteiger partial charge in [-0.1, -0.05) is 0 Å². The molecule has 0 saturated carbocycles. The highest BCUT2D eigenvalue weighted by molar-refractivity contribution is 5.98. The number of aromatic nitrogens is 1. The van der Waals surface area contributed by atoms with Crippen molar-refractivity contribution in [2.24, 2.45) is 5.84 Å². The molecule has 6 heteroatoms. The Kier molecular flexibility index (Phi) is 4.34. The van der Waals surface area contributed by atoms with Gasteiger partial charge < -0.3 is 15.2 Å². The third-order valence-electron chi connectivity index (χ3n) is 3.59. The van der Waals surface area contributed by atoms with Gasteiger partial charge in [-0.25, -0.2) is 10.8 Å². The molecule has 2 heterocycles. The minimum atomic E-state index is -0.00685. The number of rotatable bonds is 3. The van der Waals surface area contributed by atoms with E-state index in [1.54, 1.807) is 18.3 Å². The predicted octanol–water partition coefficient (Wildman–Crippen LogP) is 0.533. The summed E-state index contributed by atoms with van der Waals surface area (Å²) < 4.78 is 0. The van der Waals surface area contributed by atoms with Crippen LogP contribution in [0.4, 0.5) is 5.82 Å². The zero-order valence-electron chi connectivity index (χ0n) is 11.5. The molecule has 3 N–H and O–H groups in total. The van der Waals surface area contributed by atoms with E-state index in [9.17, 15) is 4.79 Å². The molecule has 1 fully saturated rings. The minimum absolute atomic E-state index is 0.00685. The second kappa shape index (κ2) is 5.99. The molecule has 6 nitrogen and oxygen atoms in total. The van der Waals surface area contributed by atoms with E-state index in [-0.39, 0.29) is 5.91 Å². The van der Waals surface area contributed by atoms with Crippen molar-refractivity contribution in [2.75, 3.05) is 32.6 Å². The summed E-state index contributed by atoms with van der Waals surface area (Å²) in [4.78, 5) is 20.6. The number of nitrogens with two attached hydrogens (primary N) is 1. The van der Waals surface area contributed by atoms with Crippen LogP contribution >= 0.6 is 0 Å². The topological polar surface area (TPSA) is 74.5 Å². The summed E-state index contributed by atoms with van der Waals surface area (Å²) in [6, 6.07) is 3.93. The fraction of sp³-hybridized carbons (Fsp3) is 0.538. The normalized spacial score (nSPS) is 19.6. The third kappa shape index (κ3) is 3.02. The maximum atomic E-state index is 12.5. The molecule has 1 aliphatic rings. The number of hydrazine groups is 1. The maximum absolute atomic E-state index is 12.5. The Morgan fingerprint density at radius 2 is 2.37 bits per heavy atom. The molecule has 19 heavy (non-hydrogen) atoms. The molecule has 0 spiro atoms. The van der Waals surface area contributed by atoms with Gasteiger partial charge in [0.15, 0.2) is 5.82 Å². The fourth-order valence-electron chi connectivity index (χ4n) is 2.42. The van der Waals surface area contributed by atoms with Crippen LogP contribution in [-0.2, 0) is 0 Å². The standard InChI is InChI=1S/C13H21N5O/c1-17(2)10-5-4-8-18(9-10)13(19)11-6-3-7-15-12(11)16-14/h3,6-7,10H,4-5,8-9,14H2,1-2H3,(H,15,16). The lowest BCUT2D eigenvalue weighted by Gasteiger charge is -2.36. The number of amides is 1. The van der Waals surface area contributed by atoms with Gasteiger partial charge in [-0.2, -0.15) is 0 Å². The predicted molar refractivity (Wildman–Crippen MR) is 74.7 cm³/mol. The van der Waals surface area contributed by atoms with Crippen molar-refractivity contribution in [3.63, 3.8) is 0 Å². The van der Waals surface area contributed by atoms with Crippen LogP contribution in [0.5, 0.6) is 0 Å². The van der Waals surface area contributed by atoms with Crippen LogP contribution in [0.3, 0.4) is 0 Å². The molecular formula is C13H21N5O. The van der Waals surface area contributed by atoms with E-state index in [1.165, 1.54) is 0 Å². The monoisotopic (exact) mass is 263 g/mol. The lowest BCUT2D eigenvalue weighted by Crippen LogP contribution is -2.47. The van der Waals surface area contributed by atoms with Crippen molar-refractivity contribution >= 4 is 11.7 Å². The Labute approximate surface area is 113 Å². The average molecular weight is 263 g/mol. The Morgan fingerprint density at radius 3 is 3.05 bits per heavy atom. The summed E-state index contributed by atoms with van der Waals surface area (Å²) in [5.74, 6) is 5.83. The van der Waals surface area contributed by atoms with E-state index in [4.69, 9.17) is 5.84 Å². The lowest BCUT2D eigenvalue weighted by molar-refractivity contribution is 0.0635. The Morgan fingerprint density at radius 1 is 1.58 bits per heavy atom. The lowest BCUT2D eigenvalue weighted by atomic mass is 10.0. The van der Waals surface area contributed by atoms with Crippen LogP contribution in [0.2, 0.25) is 0 Å². The summed E-state index contributed by atoms with van der Waals surface area (Å²) >= 11 is 0. The van der Waals surface area contributed by atoms with E-state index < -0.39 is 0 Å². The number of pyridine rings is 1. The van der Waals surface area contributed by atoms with Gasteiger partial charge in [0.05, 0.1) is 5.56 Å². The third-order valence-corrected chi connectivity index (χ3v) is 3.59. The highest BCUT2D eigenvalue weighted by atomic mass is 16.2. The Bertz CT molecular complexity index is 448. The van der Waals surface area contributed by atoms with Crippen molar-refractivity contribution in [1.29, 1.82) is 0 Å². The number of anilines is 1. The fourth-order valence-corrected chi connectivity index (χ4v) is 2.42. The zero-order chi connectivity index (χ0) is 13.8. The van der Waals surface area contributed by atoms with Crippen LogP contribution < -0.4 is 11.3 Å². The summed E-state index contributed by atoms with van der Waals surface area (Å²) in [6.45, 7) is 1.55. The highest BCUT2D eigenvalue weighted by Crippen LogP contribution is 2.19. The minimum Gasteiger partial charge on any atom is -0.337 e. The van der Waals surface area contributed by atoms with Crippen LogP contribution in [0.15, 0.2) is 18.3 Å². The number of nitrogens with one attached hydrogen (secondary N) is 1. The van der Waals surface area contributed by atoms with Crippen molar-refractivity contribution < 1.29 is 4.79 Å². The number of likely N-dealkylation sites (tertiary alicyclic amines) is 1. The molecule has 1 atom stereocenters. The Hall–Kier alpha value is -1.66. The van der Waals surface area contributed by atoms with Crippen molar-refractivity contribution in [2.45, 2.75) is 18.9 Å². The van der Waals surface area contributed by atoms with Crippen LogP contribution in [0, 0.1) is 0 Å². The molecule has 1 aromatic heterocycles. The van der Waals surface area contributed by atoms with Gasteiger partial charge in [0.25, 0.3) is 5.91 Å². The first kappa shape index (κ1) is 13.8. The molecule has 2 rings (SSSR count). The molecule has 1 aliphatic heterocycles. The van der Waals surface area contributed by atoms with Crippen LogP contribution in [0.25, 0.3) is 0 Å². The van der Waals surface area contributed by atoms with Crippen molar-refractivity contribution in [3.8, 4) is 0 Å². The van der Waals surface area contributed by atoms with Crippen LogP contribution in [-0.4, -0.2) is 53.9 Å². The number of hydrogen-bond acceptors (Lipinski definition) is 5. The van der Waals surface area contributed by atoms with E-state index in [0.29, 0.717) is 17.4 Å². The number of hydrogen-bond donors (Lipinski definition) is 2. The van der Waals surface area contributed by atoms with Gasteiger partial charge in [-0.05, 0) is 39.1 Å². The van der Waals surface area contributed by atoms with Crippen LogP contribution in [0.1, 0.15) is 23.2 Å². The summed E-state index contributed by atoms with van der Waals surface area (Å²) in [5.41, 5.74) is 3.01. The number of likely N-dealkylation sites (N-methyl/N-ethyl adjacent to an activating group) is 1. The molecule has 1 amide bonds. The molecule has 0 aromatic carbocycles. The number of carbonyl (C=O) groups excluding carboxylic acids is 1. The van der Waals surface area contributed by atoms with E-state index in [0.717, 1.165) is 25.9 Å². The molecule has 0 bridgehead atoms. The SMILES string of the molecule is CN(C)C1CCCN(C(=O)c2cccnc2NN)C1. The van der Waals surface area contributed by atoms with Gasteiger partial charge in [0.1, 0.15) is 0 Å². The van der Waals surface area contributed by atoms with Gasteiger partial charge in [-0.15, -0.1) is 0 Å². The summed E-state index contributed by atoms with van der Waals surface area (Å²) in [7, 11) is 4.10. The summed E-state index contributed by atoms with van der Waals surface area (Å²) in [5, 5.41) is 0. The number of nitrogen functional groups attached to an aromatic ring is 1. The molecule has 104 valence electrons. The van der Waals surface area contributed by atoms with Gasteiger partial charge in [-0.3, -0.25) is 4.79 Å². The number of nitrogens with zero attached hydrogens (tertiary/aromatic N) is 3. The molecule has 1 saturated heterocycles. The quantitative estimate of drug-likeness (QED) is 0.615. The average Bonchev–Trinajstić information content (AvgIpc) is 2.46. The maximum Gasteiger partial charge on any atom is 0.257 e. The second-order valence-electron chi connectivity index (χ2n) is 5.05. The molecule has 0 aliphatic carbocycles. The van der Waals surface area contributed by atoms with E-state index in [1.807, 2.05) is 4.90 Å². The smallest absolute Gasteiger partial charge is 0.257 e. The first-order chi connectivity index (χ1) is 9.13. The molecule has 0 radical (unpaired) electrons. The molecular weight excluding hydrogens is 242 g/mol. The first-order valence-electron chi connectivity index (χ1n) is 6.51. The van der Waals surface area contributed by atoms with Crippen molar-refractivity contribution in [1.82, 2.24) is 14.8 Å². The van der Waals surface area contributed by atoms with Crippen molar-refractivity contribution in [3.05, 3.63) is 23.9 Å². The first-order valence-corrected chi connectivity index (χ1v) is 6.51. The van der Waals surface area contributed by atoms with Gasteiger partial charge in [0.2, 0.25) is 0 Å². The second-order valence-corrected chi connectivity index (χ2v) is 5.05. The van der Waals surface area contributed by atoms with Gasteiger partial charge >= 0.3 is 0 Å². The Balaban J connectivity index is 2.15. The highest BCUT2D eigenvalue weighted by Gasteiger charge is 2.26. The van der Waals surface area contributed by atoms with Gasteiger partial charge in [0, 0.05) is 25.3 Å². The zero-order valence-corrected chi connectivity index (χ0v) is 11.5. The summed E-state index contributed by atoms with van der Waals surface area (Å²) in [6.07, 6.45) is 3.77. The van der Waals surface area contributed by atoms with E-state index in [2.05, 4.69) is 29.4 Å². The van der Waals surface area contributed by atoms with E-state index >= 15 is 0 Å².